The van der Waals surface area contributed by atoms with Crippen LogP contribution in [-0.4, -0.2) is 15.7 Å². The van der Waals surface area contributed by atoms with E-state index in [2.05, 4.69) is 24.0 Å². The maximum absolute atomic E-state index is 11.6. The molecule has 0 atom stereocenters. The van der Waals surface area contributed by atoms with Crippen LogP contribution >= 0.6 is 23.5 Å². The Balaban J connectivity index is 2.23. The molecule has 0 spiro atoms. The van der Waals surface area contributed by atoms with Gasteiger partial charge < -0.3 is 0 Å². The summed E-state index contributed by atoms with van der Waals surface area (Å²) in [6, 6.07) is 8.21. The van der Waals surface area contributed by atoms with Crippen LogP contribution in [0.25, 0.3) is 6.08 Å². The van der Waals surface area contributed by atoms with Gasteiger partial charge in [0.25, 0.3) is 0 Å². The molecule has 2 nitrogen and oxygen atoms in total. The summed E-state index contributed by atoms with van der Waals surface area (Å²) in [4.78, 5) is 15.9. The predicted octanol–water partition coefficient (Wildman–Crippen LogP) is 3.58. The highest BCUT2D eigenvalue weighted by Gasteiger charge is 2.21. The summed E-state index contributed by atoms with van der Waals surface area (Å²) < 4.78 is 0.825. The van der Waals surface area contributed by atoms with Gasteiger partial charge in [-0.25, -0.2) is 4.99 Å². The second kappa shape index (κ2) is 5.56. The zero-order valence-electron chi connectivity index (χ0n) is 9.77. The van der Waals surface area contributed by atoms with Crippen molar-refractivity contribution >= 4 is 39.1 Å². The van der Waals surface area contributed by atoms with Crippen molar-refractivity contribution < 1.29 is 4.79 Å². The molecule has 1 aromatic carbocycles. The molecule has 0 radical (unpaired) electrons. The molecule has 0 bridgehead atoms. The lowest BCUT2D eigenvalue weighted by atomic mass is 10.1. The Morgan fingerprint density at radius 1 is 1.35 bits per heavy atom. The zero-order valence-corrected chi connectivity index (χ0v) is 11.4. The fourth-order valence-corrected chi connectivity index (χ4v) is 2.75. The number of hydrogen-bond acceptors (Lipinski definition) is 4. The molecule has 0 amide bonds. The molecular weight excluding hydrogens is 250 g/mol. The van der Waals surface area contributed by atoms with Crippen molar-refractivity contribution in [3.05, 3.63) is 41.1 Å². The molecule has 4 heteroatoms. The van der Waals surface area contributed by atoms with Crippen molar-refractivity contribution in [3.63, 3.8) is 0 Å². The summed E-state index contributed by atoms with van der Waals surface area (Å²) in [5.41, 5.74) is 2.87. The van der Waals surface area contributed by atoms with Crippen LogP contribution in [0.15, 0.2) is 35.0 Å². The second-order valence-electron chi connectivity index (χ2n) is 3.60. The number of nitrogens with zero attached hydrogens (tertiary/aromatic N) is 1. The van der Waals surface area contributed by atoms with Gasteiger partial charge in [0.1, 0.15) is 10.1 Å². The Hall–Kier alpha value is -1.00. The number of aryl methyl sites for hydroxylation is 1. The number of benzene rings is 1. The van der Waals surface area contributed by atoms with E-state index in [1.54, 1.807) is 0 Å². The molecule has 0 saturated heterocycles. The minimum Gasteiger partial charge on any atom is -0.279 e. The summed E-state index contributed by atoms with van der Waals surface area (Å²) in [6.07, 6.45) is 4.80. The number of carbonyl (C=O) groups is 1. The lowest BCUT2D eigenvalue weighted by Crippen LogP contribution is -1.88. The van der Waals surface area contributed by atoms with E-state index < -0.39 is 0 Å². The van der Waals surface area contributed by atoms with Crippen LogP contribution in [0, 0.1) is 0 Å². The van der Waals surface area contributed by atoms with Gasteiger partial charge in [0.15, 0.2) is 0 Å². The van der Waals surface area contributed by atoms with E-state index in [4.69, 9.17) is 0 Å². The summed E-state index contributed by atoms with van der Waals surface area (Å²) in [5, 5.41) is 0.0360. The van der Waals surface area contributed by atoms with E-state index in [9.17, 15) is 4.79 Å². The molecule has 1 heterocycles. The number of hydrogen-bond donors (Lipinski definition) is 0. The van der Waals surface area contributed by atoms with Gasteiger partial charge in [0, 0.05) is 0 Å². The van der Waals surface area contributed by atoms with Gasteiger partial charge >= 0.3 is 0 Å². The Bertz CT molecular complexity index is 489. The lowest BCUT2D eigenvalue weighted by Gasteiger charge is -1.97. The smallest absolute Gasteiger partial charge is 0.244 e. The molecule has 2 rings (SSSR count). The monoisotopic (exact) mass is 263 g/mol. The van der Waals surface area contributed by atoms with E-state index in [0.29, 0.717) is 5.70 Å². The summed E-state index contributed by atoms with van der Waals surface area (Å²) in [6.45, 7) is 2.12. The Kier molecular flexibility index (Phi) is 4.07. The average Bonchev–Trinajstić information content (AvgIpc) is 2.71. The third-order valence-electron chi connectivity index (χ3n) is 2.47. The van der Waals surface area contributed by atoms with Gasteiger partial charge in [-0.05, 0) is 41.6 Å². The second-order valence-corrected chi connectivity index (χ2v) is 5.61. The van der Waals surface area contributed by atoms with Crippen LogP contribution in [0.5, 0.6) is 0 Å². The SMILES string of the molecule is CCc1ccc(C=C2N=C(SC)SC2=O)cc1. The van der Waals surface area contributed by atoms with Gasteiger partial charge in [0.2, 0.25) is 5.12 Å². The highest BCUT2D eigenvalue weighted by Crippen LogP contribution is 2.29. The maximum atomic E-state index is 11.6. The maximum Gasteiger partial charge on any atom is 0.244 e. The van der Waals surface area contributed by atoms with E-state index in [1.165, 1.54) is 29.1 Å². The lowest BCUT2D eigenvalue weighted by molar-refractivity contribution is -0.107. The molecule has 0 aromatic heterocycles. The number of carbonyl (C=O) groups excluding carboxylic acids is 1. The minimum absolute atomic E-state index is 0.0360. The van der Waals surface area contributed by atoms with Crippen LogP contribution in [0.4, 0.5) is 0 Å². The standard InChI is InChI=1S/C13H13NOS2/c1-3-9-4-6-10(7-5-9)8-11-12(15)17-13(14-11)16-2/h4-8H,3H2,1-2H3. The summed E-state index contributed by atoms with van der Waals surface area (Å²) in [5.74, 6) is 0. The van der Waals surface area contributed by atoms with E-state index >= 15 is 0 Å². The Morgan fingerprint density at radius 3 is 2.59 bits per heavy atom. The van der Waals surface area contributed by atoms with Crippen molar-refractivity contribution in [1.82, 2.24) is 0 Å². The first-order valence-corrected chi connectivity index (χ1v) is 7.42. The third-order valence-corrected chi connectivity index (χ3v) is 4.32. The molecule has 0 N–H and O–H groups in total. The highest BCUT2D eigenvalue weighted by molar-refractivity contribution is 8.45. The molecule has 0 saturated carbocycles. The van der Waals surface area contributed by atoms with Crippen LogP contribution in [-0.2, 0) is 11.2 Å². The molecule has 88 valence electrons. The van der Waals surface area contributed by atoms with Crippen molar-refractivity contribution in [2.24, 2.45) is 4.99 Å². The molecule has 1 aromatic rings. The van der Waals surface area contributed by atoms with Crippen LogP contribution in [0.1, 0.15) is 18.1 Å². The third kappa shape index (κ3) is 3.01. The topological polar surface area (TPSA) is 29.4 Å². The van der Waals surface area contributed by atoms with E-state index in [0.717, 1.165) is 16.4 Å². The normalized spacial score (nSPS) is 17.6. The van der Waals surface area contributed by atoms with Crippen LogP contribution in [0.3, 0.4) is 0 Å². The molecular formula is C13H13NOS2. The van der Waals surface area contributed by atoms with Crippen molar-refractivity contribution in [1.29, 1.82) is 0 Å². The van der Waals surface area contributed by atoms with E-state index in [-0.39, 0.29) is 5.12 Å². The molecule has 17 heavy (non-hydrogen) atoms. The first-order chi connectivity index (χ1) is 8.22. The minimum atomic E-state index is 0.0360. The molecule has 0 unspecified atom stereocenters. The van der Waals surface area contributed by atoms with Gasteiger partial charge in [-0.3, -0.25) is 4.79 Å². The molecule has 0 fully saturated rings. The van der Waals surface area contributed by atoms with E-state index in [1.807, 2.05) is 24.5 Å². The Morgan fingerprint density at radius 2 is 2.06 bits per heavy atom. The quantitative estimate of drug-likeness (QED) is 0.764. The zero-order chi connectivity index (χ0) is 12.3. The number of aliphatic imine (C=N–C) groups is 1. The molecule has 1 aliphatic rings. The average molecular weight is 263 g/mol. The van der Waals surface area contributed by atoms with Gasteiger partial charge in [-0.1, -0.05) is 31.2 Å². The van der Waals surface area contributed by atoms with Gasteiger partial charge in [-0.15, -0.1) is 11.8 Å². The fraction of sp³-hybridized carbons (Fsp3) is 0.231. The summed E-state index contributed by atoms with van der Waals surface area (Å²) in [7, 11) is 0. The predicted molar refractivity (Wildman–Crippen MR) is 77.3 cm³/mol. The highest BCUT2D eigenvalue weighted by atomic mass is 32.2. The number of thioether (sulfide) groups is 2. The van der Waals surface area contributed by atoms with Gasteiger partial charge in [0.05, 0.1) is 0 Å². The van der Waals surface area contributed by atoms with Crippen LogP contribution < -0.4 is 0 Å². The number of rotatable bonds is 2. The summed E-state index contributed by atoms with van der Waals surface area (Å²) >= 11 is 2.71. The van der Waals surface area contributed by atoms with Crippen molar-refractivity contribution in [2.75, 3.05) is 6.26 Å². The van der Waals surface area contributed by atoms with Crippen molar-refractivity contribution in [3.8, 4) is 0 Å². The van der Waals surface area contributed by atoms with Crippen LogP contribution in [0.2, 0.25) is 0 Å². The Labute approximate surface area is 110 Å². The first-order valence-electron chi connectivity index (χ1n) is 5.38. The molecule has 1 aliphatic heterocycles. The molecule has 0 aliphatic carbocycles. The largest absolute Gasteiger partial charge is 0.279 e. The first kappa shape index (κ1) is 12.5. The fourth-order valence-electron chi connectivity index (χ4n) is 1.48. The van der Waals surface area contributed by atoms with Crippen molar-refractivity contribution in [2.45, 2.75) is 13.3 Å². The van der Waals surface area contributed by atoms with Gasteiger partial charge in [-0.2, -0.15) is 0 Å².